The third-order valence-electron chi connectivity index (χ3n) is 4.80. The number of carbonyl (C=O) groups is 1. The van der Waals surface area contributed by atoms with E-state index in [1.807, 2.05) is 14.1 Å². The van der Waals surface area contributed by atoms with Crippen molar-refractivity contribution >= 4 is 5.78 Å². The molecule has 0 amide bonds. The highest BCUT2D eigenvalue weighted by molar-refractivity contribution is 5.88. The maximum atomic E-state index is 12.5. The summed E-state index contributed by atoms with van der Waals surface area (Å²) in [4.78, 5) is 14.6. The van der Waals surface area contributed by atoms with Gasteiger partial charge in [0.1, 0.15) is 0 Å². The zero-order valence-electron chi connectivity index (χ0n) is 14.6. The molecule has 0 aromatic heterocycles. The molecule has 0 aromatic carbocycles. The summed E-state index contributed by atoms with van der Waals surface area (Å²) in [7, 11) is 4.08. The average Bonchev–Trinajstić information content (AvgIpc) is 2.43. The Hall–Kier alpha value is -0.370. The van der Waals surface area contributed by atoms with Gasteiger partial charge < -0.3 is 0 Å². The smallest absolute Gasteiger partial charge is 0.153 e. The van der Waals surface area contributed by atoms with Crippen LogP contribution in [0.3, 0.4) is 0 Å². The Labute approximate surface area is 127 Å². The standard InChI is InChI=1S/C18H37NO/c1-6-9-10-11-12-13-14-15-16-17(20)18(7-2,8-3)19(4)5/h6-16H2,1-5H3. The molecule has 0 bridgehead atoms. The van der Waals surface area contributed by atoms with Crippen molar-refractivity contribution in [2.45, 2.75) is 96.9 Å². The average molecular weight is 284 g/mol. The van der Waals surface area contributed by atoms with Crippen molar-refractivity contribution in [2.24, 2.45) is 0 Å². The number of ketones is 1. The molecule has 2 nitrogen and oxygen atoms in total. The van der Waals surface area contributed by atoms with Crippen LogP contribution in [0.4, 0.5) is 0 Å². The van der Waals surface area contributed by atoms with Gasteiger partial charge in [0.05, 0.1) is 5.54 Å². The van der Waals surface area contributed by atoms with Crippen molar-refractivity contribution < 1.29 is 4.79 Å². The predicted molar refractivity (Wildman–Crippen MR) is 89.2 cm³/mol. The van der Waals surface area contributed by atoms with E-state index in [2.05, 4.69) is 25.7 Å². The highest BCUT2D eigenvalue weighted by Gasteiger charge is 2.35. The van der Waals surface area contributed by atoms with E-state index in [-0.39, 0.29) is 5.54 Å². The van der Waals surface area contributed by atoms with Crippen LogP contribution < -0.4 is 0 Å². The number of hydrogen-bond acceptors (Lipinski definition) is 2. The SMILES string of the molecule is CCCCCCCCCCC(=O)C(CC)(CC)N(C)C. The minimum Gasteiger partial charge on any atom is -0.298 e. The van der Waals surface area contributed by atoms with Crippen LogP contribution >= 0.6 is 0 Å². The first-order valence-electron chi connectivity index (χ1n) is 8.75. The lowest BCUT2D eigenvalue weighted by Gasteiger charge is -2.37. The molecule has 0 radical (unpaired) electrons. The second-order valence-corrected chi connectivity index (χ2v) is 6.28. The third-order valence-corrected chi connectivity index (χ3v) is 4.80. The lowest BCUT2D eigenvalue weighted by atomic mass is 9.84. The van der Waals surface area contributed by atoms with Crippen molar-refractivity contribution in [1.29, 1.82) is 0 Å². The molecule has 0 fully saturated rings. The van der Waals surface area contributed by atoms with E-state index in [0.717, 1.165) is 25.7 Å². The van der Waals surface area contributed by atoms with Gasteiger partial charge >= 0.3 is 0 Å². The van der Waals surface area contributed by atoms with Gasteiger partial charge in [-0.3, -0.25) is 9.69 Å². The number of unbranched alkanes of at least 4 members (excludes halogenated alkanes) is 7. The summed E-state index contributed by atoms with van der Waals surface area (Å²) in [5.74, 6) is 0.443. The topological polar surface area (TPSA) is 20.3 Å². The van der Waals surface area contributed by atoms with Crippen LogP contribution in [-0.4, -0.2) is 30.3 Å². The molecule has 0 aliphatic carbocycles. The Balaban J connectivity index is 3.86. The maximum absolute atomic E-state index is 12.5. The van der Waals surface area contributed by atoms with Crippen LogP contribution in [0.1, 0.15) is 91.4 Å². The first kappa shape index (κ1) is 19.6. The molecule has 2 heteroatoms. The number of Topliss-reactive ketones (excluding diaryl/α,β-unsaturated/α-hetero) is 1. The van der Waals surface area contributed by atoms with E-state index >= 15 is 0 Å². The molecule has 0 atom stereocenters. The van der Waals surface area contributed by atoms with E-state index in [9.17, 15) is 4.79 Å². The van der Waals surface area contributed by atoms with E-state index in [1.165, 1.54) is 44.9 Å². The lowest BCUT2D eigenvalue weighted by Crippen LogP contribution is -2.50. The molecule has 0 rings (SSSR count). The van der Waals surface area contributed by atoms with Crippen LogP contribution in [0.15, 0.2) is 0 Å². The van der Waals surface area contributed by atoms with Gasteiger partial charge in [-0.15, -0.1) is 0 Å². The second-order valence-electron chi connectivity index (χ2n) is 6.28. The predicted octanol–water partition coefficient (Wildman–Crippen LogP) is 5.21. The Morgan fingerprint density at radius 2 is 1.25 bits per heavy atom. The number of likely N-dealkylation sites (N-methyl/N-ethyl adjacent to an activating group) is 1. The summed E-state index contributed by atoms with van der Waals surface area (Å²) >= 11 is 0. The zero-order chi connectivity index (χ0) is 15.4. The largest absolute Gasteiger partial charge is 0.298 e. The van der Waals surface area contributed by atoms with Gasteiger partial charge in [-0.1, -0.05) is 65.7 Å². The van der Waals surface area contributed by atoms with Gasteiger partial charge in [0, 0.05) is 6.42 Å². The summed E-state index contributed by atoms with van der Waals surface area (Å²) in [5, 5.41) is 0. The van der Waals surface area contributed by atoms with Crippen molar-refractivity contribution in [3.05, 3.63) is 0 Å². The van der Waals surface area contributed by atoms with Crippen LogP contribution in [0, 0.1) is 0 Å². The van der Waals surface area contributed by atoms with Crippen LogP contribution in [-0.2, 0) is 4.79 Å². The van der Waals surface area contributed by atoms with Gasteiger partial charge in [0.15, 0.2) is 5.78 Å². The van der Waals surface area contributed by atoms with Gasteiger partial charge in [0.25, 0.3) is 0 Å². The van der Waals surface area contributed by atoms with Crippen LogP contribution in [0.5, 0.6) is 0 Å². The minimum atomic E-state index is -0.221. The molecule has 20 heavy (non-hydrogen) atoms. The number of rotatable bonds is 13. The van der Waals surface area contributed by atoms with Crippen molar-refractivity contribution in [2.75, 3.05) is 14.1 Å². The normalized spacial score (nSPS) is 12.1. The molecule has 0 heterocycles. The fourth-order valence-electron chi connectivity index (χ4n) is 3.18. The maximum Gasteiger partial charge on any atom is 0.153 e. The van der Waals surface area contributed by atoms with Crippen LogP contribution in [0.2, 0.25) is 0 Å². The molecule has 0 saturated carbocycles. The summed E-state index contributed by atoms with van der Waals surface area (Å²) in [6, 6.07) is 0. The molecule has 120 valence electrons. The highest BCUT2D eigenvalue weighted by Crippen LogP contribution is 2.25. The third kappa shape index (κ3) is 6.39. The Kier molecular flexibility index (Phi) is 11.1. The molecule has 0 aliphatic rings. The van der Waals surface area contributed by atoms with Gasteiger partial charge in [-0.2, -0.15) is 0 Å². The summed E-state index contributed by atoms with van der Waals surface area (Å²) in [6.45, 7) is 6.52. The fraction of sp³-hybridized carbons (Fsp3) is 0.944. The molecule has 0 aliphatic heterocycles. The van der Waals surface area contributed by atoms with Crippen molar-refractivity contribution in [1.82, 2.24) is 4.90 Å². The fourth-order valence-corrected chi connectivity index (χ4v) is 3.18. The van der Waals surface area contributed by atoms with E-state index < -0.39 is 0 Å². The number of nitrogens with zero attached hydrogens (tertiary/aromatic N) is 1. The zero-order valence-corrected chi connectivity index (χ0v) is 14.6. The van der Waals surface area contributed by atoms with Crippen molar-refractivity contribution in [3.8, 4) is 0 Å². The summed E-state index contributed by atoms with van der Waals surface area (Å²) in [6.07, 6.45) is 13.0. The molecule has 0 spiro atoms. The highest BCUT2D eigenvalue weighted by atomic mass is 16.1. The second kappa shape index (κ2) is 11.3. The molecule has 0 N–H and O–H groups in total. The molecule has 0 saturated heterocycles. The van der Waals surface area contributed by atoms with Gasteiger partial charge in [-0.25, -0.2) is 0 Å². The monoisotopic (exact) mass is 283 g/mol. The number of carbonyl (C=O) groups excluding carboxylic acids is 1. The lowest BCUT2D eigenvalue weighted by molar-refractivity contribution is -0.130. The Morgan fingerprint density at radius 3 is 1.65 bits per heavy atom. The first-order chi connectivity index (χ1) is 9.55. The molecular formula is C18H37NO. The van der Waals surface area contributed by atoms with E-state index in [1.54, 1.807) is 0 Å². The van der Waals surface area contributed by atoms with Crippen LogP contribution in [0.25, 0.3) is 0 Å². The molecular weight excluding hydrogens is 246 g/mol. The summed E-state index contributed by atoms with van der Waals surface area (Å²) < 4.78 is 0. The quantitative estimate of drug-likeness (QED) is 0.433. The van der Waals surface area contributed by atoms with Crippen molar-refractivity contribution in [3.63, 3.8) is 0 Å². The van der Waals surface area contributed by atoms with E-state index in [0.29, 0.717) is 5.78 Å². The number of hydrogen-bond donors (Lipinski definition) is 0. The summed E-state index contributed by atoms with van der Waals surface area (Å²) in [5.41, 5.74) is -0.221. The van der Waals surface area contributed by atoms with Gasteiger partial charge in [-0.05, 0) is 33.4 Å². The Morgan fingerprint density at radius 1 is 0.800 bits per heavy atom. The molecule has 0 aromatic rings. The first-order valence-corrected chi connectivity index (χ1v) is 8.75. The van der Waals surface area contributed by atoms with Gasteiger partial charge in [0.2, 0.25) is 0 Å². The Bertz CT molecular complexity index is 244. The molecule has 0 unspecified atom stereocenters. The minimum absolute atomic E-state index is 0.221. The van der Waals surface area contributed by atoms with E-state index in [4.69, 9.17) is 0 Å².